The molecule has 36 heavy (non-hydrogen) atoms. The van der Waals surface area contributed by atoms with E-state index in [0.717, 1.165) is 42.9 Å². The highest BCUT2D eigenvalue weighted by molar-refractivity contribution is 5.33. The summed E-state index contributed by atoms with van der Waals surface area (Å²) in [5, 5.41) is 10.1. The molecule has 198 valence electrons. The molecular weight excluding hydrogens is 456 g/mol. The maximum atomic E-state index is 10.1. The fourth-order valence-electron chi connectivity index (χ4n) is 4.61. The monoisotopic (exact) mass is 498 g/mol. The van der Waals surface area contributed by atoms with Crippen LogP contribution in [-0.4, -0.2) is 50.3 Å². The van der Waals surface area contributed by atoms with Crippen LogP contribution in [0.3, 0.4) is 0 Å². The fourth-order valence-corrected chi connectivity index (χ4v) is 4.61. The molecule has 0 aromatic heterocycles. The highest BCUT2D eigenvalue weighted by atomic mass is 16.6. The van der Waals surface area contributed by atoms with E-state index in [-0.39, 0.29) is 18.8 Å². The summed E-state index contributed by atoms with van der Waals surface area (Å²) in [7, 11) is 3.28. The second-order valence-corrected chi connectivity index (χ2v) is 9.25. The van der Waals surface area contributed by atoms with Crippen molar-refractivity contribution in [2.75, 3.05) is 20.8 Å². The fraction of sp³-hybridized carbons (Fsp3) is 0.533. The molecule has 0 aliphatic carbocycles. The van der Waals surface area contributed by atoms with Gasteiger partial charge in [-0.2, -0.15) is 0 Å². The lowest BCUT2D eigenvalue weighted by atomic mass is 10.0. The second kappa shape index (κ2) is 15.4. The smallest absolute Gasteiger partial charge is 0.166 e. The van der Waals surface area contributed by atoms with E-state index in [2.05, 4.69) is 6.58 Å². The lowest BCUT2D eigenvalue weighted by Gasteiger charge is -2.26. The SMILES string of the molecule is C=CCCCCCCCCC[C@H]1O[C@H](CO)[C@@H](Oc2ccc(OC)cc2)[C@@H]1Oc1ccc(OC)cc1. The Hall–Kier alpha value is -2.70. The van der Waals surface area contributed by atoms with Gasteiger partial charge in [0, 0.05) is 0 Å². The first kappa shape index (κ1) is 27.9. The van der Waals surface area contributed by atoms with Gasteiger partial charge in [-0.3, -0.25) is 0 Å². The quantitative estimate of drug-likeness (QED) is 0.202. The predicted molar refractivity (Wildman–Crippen MR) is 142 cm³/mol. The Morgan fingerprint density at radius 2 is 1.14 bits per heavy atom. The van der Waals surface area contributed by atoms with Crippen molar-refractivity contribution in [1.29, 1.82) is 0 Å². The number of hydrogen-bond donors (Lipinski definition) is 1. The molecule has 1 fully saturated rings. The summed E-state index contributed by atoms with van der Waals surface area (Å²) in [5.41, 5.74) is 0. The third-order valence-electron chi connectivity index (χ3n) is 6.65. The number of rotatable bonds is 17. The molecule has 0 bridgehead atoms. The molecule has 0 amide bonds. The zero-order valence-electron chi connectivity index (χ0n) is 21.8. The maximum absolute atomic E-state index is 10.1. The van der Waals surface area contributed by atoms with Gasteiger partial charge in [-0.25, -0.2) is 0 Å². The molecule has 1 N–H and O–H groups in total. The molecule has 0 saturated carbocycles. The van der Waals surface area contributed by atoms with Gasteiger partial charge in [0.25, 0.3) is 0 Å². The number of aliphatic hydroxyl groups is 1. The van der Waals surface area contributed by atoms with Crippen molar-refractivity contribution < 1.29 is 28.8 Å². The van der Waals surface area contributed by atoms with Gasteiger partial charge in [0.2, 0.25) is 0 Å². The number of unbranched alkanes of at least 4 members (excludes halogenated alkanes) is 7. The Kier molecular flexibility index (Phi) is 11.9. The predicted octanol–water partition coefficient (Wildman–Crippen LogP) is 6.36. The van der Waals surface area contributed by atoms with Crippen LogP contribution in [0.5, 0.6) is 23.0 Å². The zero-order valence-corrected chi connectivity index (χ0v) is 21.8. The molecule has 3 rings (SSSR count). The van der Waals surface area contributed by atoms with Gasteiger partial charge in [-0.1, -0.05) is 44.6 Å². The number of allylic oxidation sites excluding steroid dienone is 1. The van der Waals surface area contributed by atoms with Crippen molar-refractivity contribution in [2.45, 2.75) is 82.2 Å². The molecule has 0 unspecified atom stereocenters. The van der Waals surface area contributed by atoms with Crippen LogP contribution in [0.15, 0.2) is 61.2 Å². The molecule has 0 radical (unpaired) electrons. The van der Waals surface area contributed by atoms with Crippen LogP contribution < -0.4 is 18.9 Å². The van der Waals surface area contributed by atoms with Gasteiger partial charge < -0.3 is 28.8 Å². The summed E-state index contributed by atoms with van der Waals surface area (Å²) >= 11 is 0. The summed E-state index contributed by atoms with van der Waals surface area (Å²) in [5.74, 6) is 2.93. The number of aliphatic hydroxyl groups excluding tert-OH is 1. The van der Waals surface area contributed by atoms with Crippen molar-refractivity contribution in [2.24, 2.45) is 0 Å². The van der Waals surface area contributed by atoms with Gasteiger partial charge in [-0.15, -0.1) is 6.58 Å². The van der Waals surface area contributed by atoms with E-state index < -0.39 is 12.2 Å². The Labute approximate surface area is 216 Å². The molecule has 2 aromatic carbocycles. The summed E-state index contributed by atoms with van der Waals surface area (Å²) in [6.07, 6.45) is 11.0. The van der Waals surface area contributed by atoms with Crippen LogP contribution in [-0.2, 0) is 4.74 Å². The summed E-state index contributed by atoms with van der Waals surface area (Å²) < 4.78 is 29.6. The Balaban J connectivity index is 1.62. The van der Waals surface area contributed by atoms with Crippen LogP contribution >= 0.6 is 0 Å². The molecule has 1 aliphatic heterocycles. The Morgan fingerprint density at radius 3 is 1.61 bits per heavy atom. The van der Waals surface area contributed by atoms with Gasteiger partial charge >= 0.3 is 0 Å². The van der Waals surface area contributed by atoms with E-state index >= 15 is 0 Å². The first-order valence-corrected chi connectivity index (χ1v) is 13.2. The molecule has 6 heteroatoms. The van der Waals surface area contributed by atoms with E-state index in [4.69, 9.17) is 23.7 Å². The summed E-state index contributed by atoms with van der Waals surface area (Å²) in [6, 6.07) is 15.0. The van der Waals surface area contributed by atoms with Gasteiger partial charge in [0.15, 0.2) is 12.2 Å². The van der Waals surface area contributed by atoms with Crippen molar-refractivity contribution in [3.63, 3.8) is 0 Å². The summed E-state index contributed by atoms with van der Waals surface area (Å²) in [6.45, 7) is 3.65. The Morgan fingerprint density at radius 1 is 0.694 bits per heavy atom. The van der Waals surface area contributed by atoms with Gasteiger partial charge in [-0.05, 0) is 67.8 Å². The molecule has 2 aromatic rings. The highest BCUT2D eigenvalue weighted by Crippen LogP contribution is 2.33. The Bertz CT molecular complexity index is 866. The van der Waals surface area contributed by atoms with Crippen molar-refractivity contribution >= 4 is 0 Å². The van der Waals surface area contributed by atoms with Crippen LogP contribution in [0.1, 0.15) is 57.8 Å². The van der Waals surface area contributed by atoms with Crippen molar-refractivity contribution in [3.8, 4) is 23.0 Å². The third-order valence-corrected chi connectivity index (χ3v) is 6.65. The first-order valence-electron chi connectivity index (χ1n) is 13.2. The number of methoxy groups -OCH3 is 2. The maximum Gasteiger partial charge on any atom is 0.166 e. The van der Waals surface area contributed by atoms with E-state index in [0.29, 0.717) is 5.75 Å². The molecule has 1 heterocycles. The lowest BCUT2D eigenvalue weighted by molar-refractivity contribution is -0.0203. The minimum absolute atomic E-state index is 0.134. The van der Waals surface area contributed by atoms with E-state index in [1.165, 1.54) is 32.1 Å². The van der Waals surface area contributed by atoms with Crippen LogP contribution in [0, 0.1) is 0 Å². The molecule has 1 saturated heterocycles. The normalized spacial score (nSPS) is 21.2. The minimum Gasteiger partial charge on any atom is -0.497 e. The van der Waals surface area contributed by atoms with Crippen LogP contribution in [0.4, 0.5) is 0 Å². The molecule has 0 spiro atoms. The lowest BCUT2D eigenvalue weighted by Crippen LogP contribution is -2.43. The zero-order chi connectivity index (χ0) is 25.6. The largest absolute Gasteiger partial charge is 0.497 e. The van der Waals surface area contributed by atoms with Crippen molar-refractivity contribution in [1.82, 2.24) is 0 Å². The standard InChI is InChI=1S/C30H42O6/c1-4-5-6-7-8-9-10-11-12-13-27-29(34-25-18-14-23(32-2)15-19-25)30(28(22-31)36-27)35-26-20-16-24(33-3)17-21-26/h4,14-21,27-31H,1,5-13,22H2,2-3H3/t27-,28-,29-,30-/m1/s1. The topological polar surface area (TPSA) is 66.4 Å². The minimum atomic E-state index is -0.467. The average Bonchev–Trinajstić information content (AvgIpc) is 3.24. The molecule has 4 atom stereocenters. The molecular formula is C30H42O6. The number of benzene rings is 2. The molecule has 1 aliphatic rings. The third kappa shape index (κ3) is 8.45. The van der Waals surface area contributed by atoms with Crippen molar-refractivity contribution in [3.05, 3.63) is 61.2 Å². The summed E-state index contributed by atoms with van der Waals surface area (Å²) in [4.78, 5) is 0. The van der Waals surface area contributed by atoms with E-state index in [1.54, 1.807) is 14.2 Å². The van der Waals surface area contributed by atoms with E-state index in [1.807, 2.05) is 54.6 Å². The first-order chi connectivity index (χ1) is 17.7. The second-order valence-electron chi connectivity index (χ2n) is 9.25. The van der Waals surface area contributed by atoms with Crippen LogP contribution in [0.25, 0.3) is 0 Å². The van der Waals surface area contributed by atoms with E-state index in [9.17, 15) is 5.11 Å². The van der Waals surface area contributed by atoms with Gasteiger partial charge in [0.1, 0.15) is 29.1 Å². The average molecular weight is 499 g/mol. The molecule has 6 nitrogen and oxygen atoms in total. The number of hydrogen-bond acceptors (Lipinski definition) is 6. The van der Waals surface area contributed by atoms with Crippen LogP contribution in [0.2, 0.25) is 0 Å². The number of ether oxygens (including phenoxy) is 5. The van der Waals surface area contributed by atoms with Gasteiger partial charge in [0.05, 0.1) is 26.9 Å². The highest BCUT2D eigenvalue weighted by Gasteiger charge is 2.47.